The topological polar surface area (TPSA) is 3.24 Å². The van der Waals surface area contributed by atoms with E-state index in [1.165, 1.54) is 99.6 Å². The van der Waals surface area contributed by atoms with E-state index < -0.39 is 0 Å². The molecule has 2 aliphatic rings. The monoisotopic (exact) mass is 777 g/mol. The zero-order chi connectivity index (χ0) is 40.3. The second kappa shape index (κ2) is 14.7. The summed E-state index contributed by atoms with van der Waals surface area (Å²) in [6.45, 7) is 0. The van der Waals surface area contributed by atoms with Crippen LogP contribution in [0.5, 0.6) is 0 Å². The lowest BCUT2D eigenvalue weighted by Gasteiger charge is -2.28. The van der Waals surface area contributed by atoms with Gasteiger partial charge in [0.05, 0.1) is 5.69 Å². The molecule has 0 radical (unpaired) electrons. The Bertz CT molecular complexity index is 3150. The Hall–Kier alpha value is -7.48. The maximum absolute atomic E-state index is 2.48. The molecular weight excluding hydrogens is 735 g/mol. The molecule has 0 saturated heterocycles. The van der Waals surface area contributed by atoms with Gasteiger partial charge in [0.2, 0.25) is 0 Å². The zero-order valence-electron chi connectivity index (χ0n) is 33.9. The molecule has 0 aromatic heterocycles. The maximum atomic E-state index is 2.48. The van der Waals surface area contributed by atoms with Crippen LogP contribution in [-0.4, -0.2) is 0 Å². The van der Waals surface area contributed by atoms with Gasteiger partial charge in [0, 0.05) is 16.8 Å². The molecule has 12 rings (SSSR count). The minimum absolute atomic E-state index is 0.493. The van der Waals surface area contributed by atoms with E-state index in [1.807, 2.05) is 0 Å². The second-order valence-corrected chi connectivity index (χ2v) is 16.8. The van der Waals surface area contributed by atoms with E-state index in [0.717, 1.165) is 30.6 Å². The van der Waals surface area contributed by atoms with E-state index in [2.05, 4.69) is 223 Å². The molecular formula is C60H43N. The van der Waals surface area contributed by atoms with Crippen LogP contribution in [0.15, 0.2) is 218 Å². The summed E-state index contributed by atoms with van der Waals surface area (Å²) in [4.78, 5) is 2.46. The number of nitrogens with zero attached hydrogens (tertiary/aromatic N) is 1. The molecule has 2 aliphatic carbocycles. The fourth-order valence-corrected chi connectivity index (χ4v) is 10.5. The lowest BCUT2D eigenvalue weighted by molar-refractivity contribution is 0.748. The van der Waals surface area contributed by atoms with Gasteiger partial charge in [-0.05, 0) is 144 Å². The number of benzene rings is 10. The maximum Gasteiger partial charge on any atom is 0.0543 e. The third kappa shape index (κ3) is 6.08. The van der Waals surface area contributed by atoms with Crippen LogP contribution in [0.2, 0.25) is 0 Å². The second-order valence-electron chi connectivity index (χ2n) is 16.8. The molecule has 0 fully saturated rings. The molecule has 0 aliphatic heterocycles. The third-order valence-corrected chi connectivity index (χ3v) is 13.3. The van der Waals surface area contributed by atoms with Crippen LogP contribution < -0.4 is 4.90 Å². The van der Waals surface area contributed by atoms with Crippen LogP contribution in [0.4, 0.5) is 17.1 Å². The highest BCUT2D eigenvalue weighted by Crippen LogP contribution is 2.52. The average Bonchev–Trinajstić information content (AvgIpc) is 3.95. The van der Waals surface area contributed by atoms with Crippen molar-refractivity contribution in [3.63, 3.8) is 0 Å². The van der Waals surface area contributed by atoms with Gasteiger partial charge in [-0.25, -0.2) is 0 Å². The van der Waals surface area contributed by atoms with E-state index in [-0.39, 0.29) is 0 Å². The minimum atomic E-state index is 0.493. The molecule has 0 amide bonds. The lowest BCUT2D eigenvalue weighted by atomic mass is 9.85. The molecule has 0 N–H and O–H groups in total. The summed E-state index contributed by atoms with van der Waals surface area (Å²) in [5.41, 5.74) is 20.9. The van der Waals surface area contributed by atoms with E-state index in [4.69, 9.17) is 0 Å². The predicted octanol–water partition coefficient (Wildman–Crippen LogP) is 15.9. The first-order valence-corrected chi connectivity index (χ1v) is 21.6. The Balaban J connectivity index is 1.01. The van der Waals surface area contributed by atoms with Crippen molar-refractivity contribution in [3.8, 4) is 44.5 Å². The summed E-state index contributed by atoms with van der Waals surface area (Å²) in [5, 5.41) is 5.24. The Kier molecular flexibility index (Phi) is 8.52. The summed E-state index contributed by atoms with van der Waals surface area (Å²) in [5.74, 6) is 0.493. The summed E-state index contributed by atoms with van der Waals surface area (Å²) < 4.78 is 0. The number of hydrogen-bond donors (Lipinski definition) is 0. The predicted molar refractivity (Wildman–Crippen MR) is 257 cm³/mol. The van der Waals surface area contributed by atoms with Gasteiger partial charge < -0.3 is 4.90 Å². The summed E-state index contributed by atoms with van der Waals surface area (Å²) in [6, 6.07) is 81.0. The van der Waals surface area contributed by atoms with Gasteiger partial charge in [-0.1, -0.05) is 188 Å². The highest BCUT2D eigenvalue weighted by Gasteiger charge is 2.29. The van der Waals surface area contributed by atoms with Crippen LogP contribution in [0.25, 0.3) is 66.1 Å². The van der Waals surface area contributed by atoms with Gasteiger partial charge in [-0.15, -0.1) is 0 Å². The van der Waals surface area contributed by atoms with Gasteiger partial charge in [-0.3, -0.25) is 0 Å². The number of anilines is 3. The van der Waals surface area contributed by atoms with Crippen LogP contribution in [-0.2, 0) is 19.3 Å². The van der Waals surface area contributed by atoms with E-state index >= 15 is 0 Å². The van der Waals surface area contributed by atoms with Crippen molar-refractivity contribution in [2.45, 2.75) is 25.2 Å². The Morgan fingerprint density at radius 3 is 1.46 bits per heavy atom. The average molecular weight is 778 g/mol. The van der Waals surface area contributed by atoms with E-state index in [0.29, 0.717) is 5.92 Å². The van der Waals surface area contributed by atoms with Crippen molar-refractivity contribution in [2.75, 3.05) is 4.90 Å². The van der Waals surface area contributed by atoms with Crippen molar-refractivity contribution >= 4 is 38.6 Å². The van der Waals surface area contributed by atoms with Crippen LogP contribution in [0.3, 0.4) is 0 Å². The van der Waals surface area contributed by atoms with Crippen LogP contribution in [0.1, 0.15) is 33.7 Å². The normalized spacial score (nSPS) is 13.0. The smallest absolute Gasteiger partial charge is 0.0543 e. The molecule has 1 nitrogen and oxygen atoms in total. The van der Waals surface area contributed by atoms with E-state index in [1.54, 1.807) is 0 Å². The quantitative estimate of drug-likeness (QED) is 0.156. The Labute approximate surface area is 357 Å². The molecule has 288 valence electrons. The van der Waals surface area contributed by atoms with Crippen molar-refractivity contribution in [3.05, 3.63) is 246 Å². The molecule has 0 saturated carbocycles. The molecule has 0 unspecified atom stereocenters. The standard InChI is InChI=1S/C60H43N/c1-3-14-40(15-4-1)42-26-30-49(31-27-42)61(50-32-28-43(29-33-50)41-16-5-2-6-17-41)58-39-48-38-46-20-13-25-56(59(46)60(48)57-24-12-11-23-55(57)58)54-35-34-51(52-21-9-10-22-53(52)54)47-36-44-18-7-8-19-45(44)37-47/h1-35,39,47H,36-38H2. The SMILES string of the molecule is c1ccc(-c2ccc(N(c3ccc(-c4ccccc4)cc3)c3cc4c(c5ccccc35)-c3c(cccc3-c3ccc(C5Cc6ccccc6C5)c5ccccc35)C4)cc2)cc1. The third-order valence-electron chi connectivity index (χ3n) is 13.3. The molecule has 10 aromatic rings. The largest absolute Gasteiger partial charge is 0.310 e. The fourth-order valence-electron chi connectivity index (χ4n) is 10.5. The Morgan fingerprint density at radius 2 is 0.836 bits per heavy atom. The van der Waals surface area contributed by atoms with Gasteiger partial charge in [0.1, 0.15) is 0 Å². The van der Waals surface area contributed by atoms with Crippen molar-refractivity contribution < 1.29 is 0 Å². The molecule has 0 atom stereocenters. The summed E-state index contributed by atoms with van der Waals surface area (Å²) in [7, 11) is 0. The van der Waals surface area contributed by atoms with Crippen molar-refractivity contribution in [1.82, 2.24) is 0 Å². The van der Waals surface area contributed by atoms with Crippen molar-refractivity contribution in [1.29, 1.82) is 0 Å². The van der Waals surface area contributed by atoms with Gasteiger partial charge in [-0.2, -0.15) is 0 Å². The molecule has 0 heterocycles. The van der Waals surface area contributed by atoms with Crippen LogP contribution >= 0.6 is 0 Å². The van der Waals surface area contributed by atoms with Gasteiger partial charge in [0.25, 0.3) is 0 Å². The molecule has 61 heavy (non-hydrogen) atoms. The first kappa shape index (κ1) is 35.5. The summed E-state index contributed by atoms with van der Waals surface area (Å²) in [6.07, 6.45) is 3.10. The first-order chi connectivity index (χ1) is 30.2. The van der Waals surface area contributed by atoms with Crippen LogP contribution in [0, 0.1) is 0 Å². The molecule has 1 heteroatoms. The van der Waals surface area contributed by atoms with E-state index in [9.17, 15) is 0 Å². The Morgan fingerprint density at radius 1 is 0.328 bits per heavy atom. The molecule has 10 aromatic carbocycles. The molecule has 0 spiro atoms. The number of hydrogen-bond acceptors (Lipinski definition) is 1. The fraction of sp³-hybridized carbons (Fsp3) is 0.0667. The lowest BCUT2D eigenvalue weighted by Crippen LogP contribution is -2.11. The van der Waals surface area contributed by atoms with Gasteiger partial charge >= 0.3 is 0 Å². The number of fused-ring (bicyclic) bond motifs is 7. The minimum Gasteiger partial charge on any atom is -0.310 e. The molecule has 0 bridgehead atoms. The highest BCUT2D eigenvalue weighted by molar-refractivity contribution is 6.13. The number of rotatable bonds is 7. The summed E-state index contributed by atoms with van der Waals surface area (Å²) >= 11 is 0. The highest BCUT2D eigenvalue weighted by atomic mass is 15.1. The first-order valence-electron chi connectivity index (χ1n) is 21.6. The van der Waals surface area contributed by atoms with Gasteiger partial charge in [0.15, 0.2) is 0 Å². The van der Waals surface area contributed by atoms with Crippen molar-refractivity contribution in [2.24, 2.45) is 0 Å². The zero-order valence-corrected chi connectivity index (χ0v) is 33.9.